The number of nitrogens with zero attached hydrogens (tertiary/aromatic N) is 1. The van der Waals surface area contributed by atoms with Gasteiger partial charge < -0.3 is 15.8 Å². The van der Waals surface area contributed by atoms with E-state index in [-0.39, 0.29) is 18.0 Å². The van der Waals surface area contributed by atoms with Gasteiger partial charge in [-0.05, 0) is 17.7 Å². The Bertz CT molecular complexity index is 630. The third-order valence-electron chi connectivity index (χ3n) is 2.15. The van der Waals surface area contributed by atoms with Crippen LogP contribution >= 0.6 is 23.4 Å². The first-order valence-electron chi connectivity index (χ1n) is 5.02. The summed E-state index contributed by atoms with van der Waals surface area (Å²) in [6.45, 7) is -0.119. The number of aromatic amines is 1. The van der Waals surface area contributed by atoms with Gasteiger partial charge in [-0.25, -0.2) is 4.98 Å². The molecule has 0 atom stereocenters. The second-order valence-electron chi connectivity index (χ2n) is 3.49. The van der Waals surface area contributed by atoms with Gasteiger partial charge in [0, 0.05) is 16.0 Å². The van der Waals surface area contributed by atoms with Crippen molar-refractivity contribution in [2.75, 3.05) is 5.73 Å². The summed E-state index contributed by atoms with van der Waals surface area (Å²) in [4.78, 5) is 18.5. The summed E-state index contributed by atoms with van der Waals surface area (Å²) in [5.74, 6) is 0.147. The van der Waals surface area contributed by atoms with E-state index in [2.05, 4.69) is 9.97 Å². The molecule has 0 bridgehead atoms. The highest BCUT2D eigenvalue weighted by atomic mass is 35.5. The van der Waals surface area contributed by atoms with Crippen molar-refractivity contribution in [3.8, 4) is 0 Å². The van der Waals surface area contributed by atoms with Gasteiger partial charge in [-0.15, -0.1) is 0 Å². The Kier molecular flexibility index (Phi) is 3.90. The Balaban J connectivity index is 2.38. The minimum Gasteiger partial charge on any atom is -0.392 e. The molecule has 1 heterocycles. The number of nitrogen functional groups attached to an aromatic ring is 1. The Morgan fingerprint density at radius 2 is 2.22 bits per heavy atom. The van der Waals surface area contributed by atoms with Crippen LogP contribution in [0, 0.1) is 0 Å². The van der Waals surface area contributed by atoms with Crippen LogP contribution in [0.2, 0.25) is 5.02 Å². The van der Waals surface area contributed by atoms with E-state index in [4.69, 9.17) is 17.3 Å². The fraction of sp³-hybridized carbons (Fsp3) is 0.0909. The number of aliphatic hydroxyl groups excluding tert-OH is 1. The molecule has 18 heavy (non-hydrogen) atoms. The predicted molar refractivity (Wildman–Crippen MR) is 70.8 cm³/mol. The summed E-state index contributed by atoms with van der Waals surface area (Å²) in [6.07, 6.45) is 0. The van der Waals surface area contributed by atoms with Crippen LogP contribution in [0.15, 0.2) is 39.1 Å². The SMILES string of the molecule is Nc1cc(=O)[nH]c(Sc2cc(Cl)ccc2CO)n1. The van der Waals surface area contributed by atoms with E-state index in [1.807, 2.05) is 0 Å². The van der Waals surface area contributed by atoms with Crippen molar-refractivity contribution in [2.45, 2.75) is 16.7 Å². The number of H-pyrrole nitrogens is 1. The molecule has 0 saturated heterocycles. The maximum Gasteiger partial charge on any atom is 0.253 e. The zero-order chi connectivity index (χ0) is 13.1. The molecule has 0 spiro atoms. The van der Waals surface area contributed by atoms with Gasteiger partial charge in [-0.1, -0.05) is 29.4 Å². The summed E-state index contributed by atoms with van der Waals surface area (Å²) < 4.78 is 0. The summed E-state index contributed by atoms with van der Waals surface area (Å²) >= 11 is 7.08. The zero-order valence-corrected chi connectivity index (χ0v) is 10.8. The maximum atomic E-state index is 11.3. The molecule has 4 N–H and O–H groups in total. The number of anilines is 1. The summed E-state index contributed by atoms with van der Waals surface area (Å²) in [5, 5.41) is 10.1. The fourth-order valence-electron chi connectivity index (χ4n) is 1.36. The number of benzene rings is 1. The fourth-order valence-corrected chi connectivity index (χ4v) is 2.56. The first kappa shape index (κ1) is 12.9. The smallest absolute Gasteiger partial charge is 0.253 e. The molecule has 0 radical (unpaired) electrons. The molecule has 7 heteroatoms. The third kappa shape index (κ3) is 3.04. The number of nitrogens with one attached hydrogen (secondary N) is 1. The Morgan fingerprint density at radius 1 is 1.44 bits per heavy atom. The molecule has 0 aliphatic heterocycles. The van der Waals surface area contributed by atoms with E-state index >= 15 is 0 Å². The van der Waals surface area contributed by atoms with Gasteiger partial charge >= 0.3 is 0 Å². The quantitative estimate of drug-likeness (QED) is 0.745. The van der Waals surface area contributed by atoms with Crippen molar-refractivity contribution < 1.29 is 5.11 Å². The second kappa shape index (κ2) is 5.43. The standard InChI is InChI=1S/C11H10ClN3O2S/c12-7-2-1-6(5-16)8(3-7)18-11-14-9(13)4-10(17)15-11/h1-4,16H,5H2,(H3,13,14,15,17). The monoisotopic (exact) mass is 283 g/mol. The lowest BCUT2D eigenvalue weighted by Crippen LogP contribution is -2.09. The lowest BCUT2D eigenvalue weighted by Gasteiger charge is -2.07. The van der Waals surface area contributed by atoms with E-state index in [1.165, 1.54) is 17.8 Å². The van der Waals surface area contributed by atoms with Crippen LogP contribution in [0.3, 0.4) is 0 Å². The van der Waals surface area contributed by atoms with Crippen molar-refractivity contribution in [1.29, 1.82) is 0 Å². The Hall–Kier alpha value is -1.50. The molecule has 0 saturated carbocycles. The molecule has 1 aromatic carbocycles. The molecular formula is C11H10ClN3O2S. The molecule has 0 aliphatic rings. The normalized spacial score (nSPS) is 10.6. The molecule has 2 aromatic rings. The lowest BCUT2D eigenvalue weighted by atomic mass is 10.2. The highest BCUT2D eigenvalue weighted by Gasteiger charge is 2.07. The minimum atomic E-state index is -0.322. The lowest BCUT2D eigenvalue weighted by molar-refractivity contribution is 0.279. The highest BCUT2D eigenvalue weighted by molar-refractivity contribution is 7.99. The first-order chi connectivity index (χ1) is 8.58. The van der Waals surface area contributed by atoms with Crippen LogP contribution in [-0.4, -0.2) is 15.1 Å². The van der Waals surface area contributed by atoms with Crippen molar-refractivity contribution in [1.82, 2.24) is 9.97 Å². The number of aromatic nitrogens is 2. The highest BCUT2D eigenvalue weighted by Crippen LogP contribution is 2.30. The minimum absolute atomic E-state index is 0.119. The maximum absolute atomic E-state index is 11.3. The van der Waals surface area contributed by atoms with Gasteiger partial charge in [-0.3, -0.25) is 4.79 Å². The summed E-state index contributed by atoms with van der Waals surface area (Å²) in [7, 11) is 0. The van der Waals surface area contributed by atoms with Crippen LogP contribution in [0.1, 0.15) is 5.56 Å². The van der Waals surface area contributed by atoms with Crippen molar-refractivity contribution in [3.63, 3.8) is 0 Å². The average molecular weight is 284 g/mol. The number of nitrogens with two attached hydrogens (primary N) is 1. The van der Waals surface area contributed by atoms with E-state index in [9.17, 15) is 9.90 Å². The van der Waals surface area contributed by atoms with Gasteiger partial charge in [0.15, 0.2) is 5.16 Å². The zero-order valence-electron chi connectivity index (χ0n) is 9.18. The van der Waals surface area contributed by atoms with Crippen LogP contribution in [-0.2, 0) is 6.61 Å². The van der Waals surface area contributed by atoms with Gasteiger partial charge in [0.2, 0.25) is 0 Å². The van der Waals surface area contributed by atoms with Gasteiger partial charge in [-0.2, -0.15) is 0 Å². The van der Waals surface area contributed by atoms with Crippen molar-refractivity contribution in [3.05, 3.63) is 45.2 Å². The van der Waals surface area contributed by atoms with Crippen molar-refractivity contribution in [2.24, 2.45) is 0 Å². The van der Waals surface area contributed by atoms with Gasteiger partial charge in [0.25, 0.3) is 5.56 Å². The number of rotatable bonds is 3. The van der Waals surface area contributed by atoms with Gasteiger partial charge in [0.1, 0.15) is 5.82 Å². The summed E-state index contributed by atoms with van der Waals surface area (Å²) in [6, 6.07) is 6.30. The first-order valence-corrected chi connectivity index (χ1v) is 6.22. The van der Waals surface area contributed by atoms with Crippen LogP contribution < -0.4 is 11.3 Å². The molecule has 0 unspecified atom stereocenters. The number of halogens is 1. The largest absolute Gasteiger partial charge is 0.392 e. The molecule has 94 valence electrons. The molecule has 0 amide bonds. The summed E-state index contributed by atoms with van der Waals surface area (Å²) in [5.41, 5.74) is 5.88. The third-order valence-corrected chi connectivity index (χ3v) is 3.37. The van der Waals surface area contributed by atoms with E-state index < -0.39 is 0 Å². The number of hydrogen-bond acceptors (Lipinski definition) is 5. The van der Waals surface area contributed by atoms with Crippen LogP contribution in [0.4, 0.5) is 5.82 Å². The Labute approximate surface area is 112 Å². The topological polar surface area (TPSA) is 92.0 Å². The van der Waals surface area contributed by atoms with E-state index in [0.29, 0.717) is 15.7 Å². The van der Waals surface area contributed by atoms with Crippen LogP contribution in [0.5, 0.6) is 0 Å². The number of aliphatic hydroxyl groups is 1. The molecule has 1 aromatic heterocycles. The van der Waals surface area contributed by atoms with Crippen molar-refractivity contribution >= 4 is 29.2 Å². The molecule has 5 nitrogen and oxygen atoms in total. The molecule has 0 fully saturated rings. The molecule has 0 aliphatic carbocycles. The molecule has 2 rings (SSSR count). The molecular weight excluding hydrogens is 274 g/mol. The Morgan fingerprint density at radius 3 is 2.89 bits per heavy atom. The van der Waals surface area contributed by atoms with E-state index in [1.54, 1.807) is 18.2 Å². The second-order valence-corrected chi connectivity index (χ2v) is 4.95. The van der Waals surface area contributed by atoms with Crippen LogP contribution in [0.25, 0.3) is 0 Å². The van der Waals surface area contributed by atoms with Gasteiger partial charge in [0.05, 0.1) is 6.61 Å². The average Bonchev–Trinajstić information content (AvgIpc) is 2.27. The van der Waals surface area contributed by atoms with E-state index in [0.717, 1.165) is 4.90 Å². The predicted octanol–water partition coefficient (Wildman–Crippen LogP) is 1.65. The number of hydrogen-bond donors (Lipinski definition) is 3.